The predicted octanol–water partition coefficient (Wildman–Crippen LogP) is 11.5. The molecule has 0 saturated carbocycles. The normalized spacial score (nSPS) is 11.3. The minimum absolute atomic E-state index is 0.376. The van der Waals surface area contributed by atoms with E-state index in [9.17, 15) is 9.59 Å². The third-order valence-electron chi connectivity index (χ3n) is 9.53. The molecule has 0 bridgehead atoms. The summed E-state index contributed by atoms with van der Waals surface area (Å²) in [6, 6.07) is 47.3. The van der Waals surface area contributed by atoms with Crippen LogP contribution in [0.4, 0.5) is 0 Å². The van der Waals surface area contributed by atoms with E-state index >= 15 is 0 Å². The maximum Gasteiger partial charge on any atom is 0.343 e. The van der Waals surface area contributed by atoms with E-state index in [1.54, 1.807) is 0 Å². The fourth-order valence-electron chi connectivity index (χ4n) is 6.79. The van der Waals surface area contributed by atoms with Crippen LogP contribution in [0.25, 0.3) is 54.2 Å². The Morgan fingerprint density at radius 3 is 1.24 bits per heavy atom. The fourth-order valence-corrected chi connectivity index (χ4v) is 6.79. The van der Waals surface area contributed by atoms with E-state index in [0.717, 1.165) is 55.9 Å². The largest absolute Gasteiger partial charge is 0.422 e. The second kappa shape index (κ2) is 13.0. The van der Waals surface area contributed by atoms with Gasteiger partial charge in [-0.25, -0.2) is 9.59 Å². The number of aryl methyl sites for hydroxylation is 2. The maximum atomic E-state index is 13.9. The van der Waals surface area contributed by atoms with Crippen molar-refractivity contribution in [2.45, 2.75) is 26.7 Å². The smallest absolute Gasteiger partial charge is 0.343 e. The molecule has 0 aliphatic heterocycles. The van der Waals surface area contributed by atoms with Gasteiger partial charge in [0.15, 0.2) is 0 Å². The SMILES string of the molecule is CCc1ccc2cc(C(=O)Oc3ccc4ccccc4c3-c3c(OC(=O)c4ccc5cc(CC)ccc5c4)ccc4ccccc34)ccc2c1. The molecule has 0 aliphatic rings. The highest BCUT2D eigenvalue weighted by Crippen LogP contribution is 2.46. The molecule has 50 heavy (non-hydrogen) atoms. The highest BCUT2D eigenvalue weighted by molar-refractivity contribution is 6.11. The predicted molar refractivity (Wildman–Crippen MR) is 203 cm³/mol. The number of ether oxygens (including phenoxy) is 2. The lowest BCUT2D eigenvalue weighted by molar-refractivity contribution is 0.0723. The summed E-state index contributed by atoms with van der Waals surface area (Å²) in [4.78, 5) is 27.7. The van der Waals surface area contributed by atoms with Crippen molar-refractivity contribution in [2.24, 2.45) is 0 Å². The first kappa shape index (κ1) is 31.0. The summed E-state index contributed by atoms with van der Waals surface area (Å²) in [5, 5.41) is 7.76. The second-order valence-electron chi connectivity index (χ2n) is 12.6. The van der Waals surface area contributed by atoms with Crippen LogP contribution in [0.3, 0.4) is 0 Å². The molecule has 0 aliphatic carbocycles. The van der Waals surface area contributed by atoms with E-state index in [0.29, 0.717) is 33.8 Å². The Kier molecular flexibility index (Phi) is 8.06. The number of hydrogen-bond donors (Lipinski definition) is 0. The van der Waals surface area contributed by atoms with E-state index in [-0.39, 0.29) is 0 Å². The summed E-state index contributed by atoms with van der Waals surface area (Å²) in [7, 11) is 0. The quantitative estimate of drug-likeness (QED) is 0.127. The average Bonchev–Trinajstić information content (AvgIpc) is 3.17. The summed E-state index contributed by atoms with van der Waals surface area (Å²) >= 11 is 0. The number of carbonyl (C=O) groups excluding carboxylic acids is 2. The van der Waals surface area contributed by atoms with E-state index < -0.39 is 11.9 Å². The van der Waals surface area contributed by atoms with Crippen molar-refractivity contribution in [1.82, 2.24) is 0 Å². The zero-order valence-electron chi connectivity index (χ0n) is 27.9. The van der Waals surface area contributed by atoms with Gasteiger partial charge in [0.2, 0.25) is 0 Å². The van der Waals surface area contributed by atoms with Gasteiger partial charge >= 0.3 is 11.9 Å². The molecule has 0 heterocycles. The molecule has 0 radical (unpaired) electrons. The van der Waals surface area contributed by atoms with Crippen LogP contribution in [0.5, 0.6) is 11.5 Å². The first-order valence-electron chi connectivity index (χ1n) is 17.0. The van der Waals surface area contributed by atoms with Gasteiger partial charge in [-0.15, -0.1) is 0 Å². The lowest BCUT2D eigenvalue weighted by Gasteiger charge is -2.19. The minimum atomic E-state index is -0.468. The van der Waals surface area contributed by atoms with Crippen molar-refractivity contribution in [2.75, 3.05) is 0 Å². The Balaban J connectivity index is 1.24. The molecule has 0 spiro atoms. The van der Waals surface area contributed by atoms with Crippen molar-refractivity contribution in [3.63, 3.8) is 0 Å². The summed E-state index contributed by atoms with van der Waals surface area (Å²) < 4.78 is 12.5. The molecule has 0 atom stereocenters. The lowest BCUT2D eigenvalue weighted by Crippen LogP contribution is -2.11. The molecule has 4 nitrogen and oxygen atoms in total. The molecule has 0 N–H and O–H groups in total. The summed E-state index contributed by atoms with van der Waals surface area (Å²) in [5.74, 6) is -0.184. The highest BCUT2D eigenvalue weighted by Gasteiger charge is 2.23. The summed E-state index contributed by atoms with van der Waals surface area (Å²) in [6.45, 7) is 4.25. The Bertz CT molecular complexity index is 2430. The Morgan fingerprint density at radius 2 is 0.800 bits per heavy atom. The standard InChI is InChI=1S/C46H34O4/c1-3-29-13-15-35-27-37(19-17-33(35)25-29)45(47)49-41-23-21-31-9-5-7-11-39(31)43(41)44-40-12-8-6-10-32(40)22-24-42(44)50-46(48)38-20-18-34-26-30(4-2)14-16-36(34)28-38/h5-28H,3-4H2,1-2H3. The fraction of sp³-hybridized carbons (Fsp3) is 0.0870. The molecule has 0 amide bonds. The second-order valence-corrected chi connectivity index (χ2v) is 12.6. The Labute approximate surface area is 290 Å². The van der Waals surface area contributed by atoms with Crippen LogP contribution in [-0.4, -0.2) is 11.9 Å². The molecule has 8 rings (SSSR count). The third-order valence-corrected chi connectivity index (χ3v) is 9.53. The van der Waals surface area contributed by atoms with Crippen molar-refractivity contribution >= 4 is 55.0 Å². The average molecular weight is 651 g/mol. The molecule has 8 aromatic rings. The Hall–Kier alpha value is -6.26. The third kappa shape index (κ3) is 5.75. The highest BCUT2D eigenvalue weighted by atomic mass is 16.5. The first-order chi connectivity index (χ1) is 24.5. The van der Waals surface area contributed by atoms with Gasteiger partial charge in [-0.3, -0.25) is 0 Å². The van der Waals surface area contributed by atoms with E-state index in [2.05, 4.69) is 38.1 Å². The van der Waals surface area contributed by atoms with Gasteiger partial charge in [-0.2, -0.15) is 0 Å². The molecule has 0 aromatic heterocycles. The number of fused-ring (bicyclic) bond motifs is 4. The summed E-state index contributed by atoms with van der Waals surface area (Å²) in [5.41, 5.74) is 4.74. The van der Waals surface area contributed by atoms with Crippen LogP contribution in [0.1, 0.15) is 45.7 Å². The molecular formula is C46H34O4. The lowest BCUT2D eigenvalue weighted by atomic mass is 9.92. The molecule has 4 heteroatoms. The molecule has 242 valence electrons. The van der Waals surface area contributed by atoms with Gasteiger partial charge in [0.05, 0.1) is 11.1 Å². The topological polar surface area (TPSA) is 52.6 Å². The van der Waals surface area contributed by atoms with Crippen LogP contribution in [-0.2, 0) is 12.8 Å². The van der Waals surface area contributed by atoms with Gasteiger partial charge in [0, 0.05) is 11.1 Å². The van der Waals surface area contributed by atoms with Crippen LogP contribution >= 0.6 is 0 Å². The van der Waals surface area contributed by atoms with Crippen molar-refractivity contribution in [1.29, 1.82) is 0 Å². The zero-order chi connectivity index (χ0) is 34.2. The van der Waals surface area contributed by atoms with Crippen molar-refractivity contribution < 1.29 is 19.1 Å². The van der Waals surface area contributed by atoms with Gasteiger partial charge < -0.3 is 9.47 Å². The summed E-state index contributed by atoms with van der Waals surface area (Å²) in [6.07, 6.45) is 1.88. The minimum Gasteiger partial charge on any atom is -0.422 e. The van der Waals surface area contributed by atoms with Gasteiger partial charge in [-0.05, 0) is 103 Å². The number of rotatable bonds is 7. The monoisotopic (exact) mass is 650 g/mol. The zero-order valence-corrected chi connectivity index (χ0v) is 27.9. The van der Waals surface area contributed by atoms with Crippen LogP contribution in [0.15, 0.2) is 146 Å². The van der Waals surface area contributed by atoms with Crippen LogP contribution < -0.4 is 9.47 Å². The maximum absolute atomic E-state index is 13.9. The molecular weight excluding hydrogens is 617 g/mol. The molecule has 0 saturated heterocycles. The van der Waals surface area contributed by atoms with Crippen LogP contribution in [0, 0.1) is 0 Å². The molecule has 0 unspecified atom stereocenters. The number of esters is 2. The molecule has 0 fully saturated rings. The van der Waals surface area contributed by atoms with E-state index in [4.69, 9.17) is 9.47 Å². The van der Waals surface area contributed by atoms with Gasteiger partial charge in [0.25, 0.3) is 0 Å². The molecule has 8 aromatic carbocycles. The van der Waals surface area contributed by atoms with E-state index in [1.165, 1.54) is 11.1 Å². The number of benzene rings is 8. The van der Waals surface area contributed by atoms with Gasteiger partial charge in [-0.1, -0.05) is 123 Å². The van der Waals surface area contributed by atoms with E-state index in [1.807, 2.05) is 121 Å². The number of hydrogen-bond acceptors (Lipinski definition) is 4. The first-order valence-corrected chi connectivity index (χ1v) is 17.0. The van der Waals surface area contributed by atoms with Gasteiger partial charge in [0.1, 0.15) is 11.5 Å². The number of carbonyl (C=O) groups is 2. The van der Waals surface area contributed by atoms with Crippen molar-refractivity contribution in [3.05, 3.63) is 168 Å². The Morgan fingerprint density at radius 1 is 0.420 bits per heavy atom. The van der Waals surface area contributed by atoms with Crippen LogP contribution in [0.2, 0.25) is 0 Å². The van der Waals surface area contributed by atoms with Crippen molar-refractivity contribution in [3.8, 4) is 22.6 Å².